The first-order valence-corrected chi connectivity index (χ1v) is 9.93. The van der Waals surface area contributed by atoms with Crippen molar-refractivity contribution in [2.45, 2.75) is 41.2 Å². The second kappa shape index (κ2) is 9.16. The van der Waals surface area contributed by atoms with Crippen molar-refractivity contribution in [2.75, 3.05) is 30.9 Å². The van der Waals surface area contributed by atoms with Crippen LogP contribution >= 0.6 is 0 Å². The zero-order valence-electron chi connectivity index (χ0n) is 18.6. The van der Waals surface area contributed by atoms with Gasteiger partial charge in [0, 0.05) is 44.0 Å². The quantitative estimate of drug-likeness (QED) is 0.737. The molecule has 2 aromatic rings. The number of hydrogen-bond donors (Lipinski definition) is 1. The summed E-state index contributed by atoms with van der Waals surface area (Å²) < 4.78 is 5.16. The fraction of sp³-hybridized carbons (Fsp3) is 0.478. The van der Waals surface area contributed by atoms with Crippen molar-refractivity contribution < 1.29 is 14.0 Å². The van der Waals surface area contributed by atoms with Crippen molar-refractivity contribution in [3.8, 4) is 0 Å². The third-order valence-electron chi connectivity index (χ3n) is 4.44. The molecule has 6 nitrogen and oxygen atoms in total. The summed E-state index contributed by atoms with van der Waals surface area (Å²) in [5, 5.41) is 2.87. The van der Waals surface area contributed by atoms with E-state index >= 15 is 0 Å². The molecule has 1 heterocycles. The van der Waals surface area contributed by atoms with Crippen LogP contribution in [-0.2, 0) is 11.3 Å². The molecular weight excluding hydrogens is 366 g/mol. The van der Waals surface area contributed by atoms with Gasteiger partial charge in [-0.15, -0.1) is 0 Å². The molecule has 2 amide bonds. The van der Waals surface area contributed by atoms with Gasteiger partial charge >= 0.3 is 0 Å². The van der Waals surface area contributed by atoms with Crippen LogP contribution in [0.1, 0.15) is 50.7 Å². The number of anilines is 2. The Morgan fingerprint density at radius 3 is 2.34 bits per heavy atom. The monoisotopic (exact) mass is 399 g/mol. The van der Waals surface area contributed by atoms with E-state index < -0.39 is 5.41 Å². The van der Waals surface area contributed by atoms with Gasteiger partial charge in [0.25, 0.3) is 5.91 Å². The van der Waals surface area contributed by atoms with E-state index in [9.17, 15) is 9.59 Å². The Morgan fingerprint density at radius 1 is 1.14 bits per heavy atom. The van der Waals surface area contributed by atoms with E-state index in [2.05, 4.69) is 19.2 Å². The third-order valence-corrected chi connectivity index (χ3v) is 4.44. The number of nitrogens with zero attached hydrogens (tertiary/aromatic N) is 2. The minimum absolute atomic E-state index is 0.112. The first-order chi connectivity index (χ1) is 13.5. The maximum absolute atomic E-state index is 13.0. The lowest BCUT2D eigenvalue weighted by Gasteiger charge is -2.32. The van der Waals surface area contributed by atoms with Gasteiger partial charge in [0.05, 0.1) is 6.26 Å². The van der Waals surface area contributed by atoms with Gasteiger partial charge in [-0.1, -0.05) is 34.6 Å². The van der Waals surface area contributed by atoms with E-state index in [1.54, 1.807) is 12.1 Å². The molecule has 0 aliphatic heterocycles. The first kappa shape index (κ1) is 22.5. The van der Waals surface area contributed by atoms with Gasteiger partial charge < -0.3 is 19.5 Å². The molecule has 29 heavy (non-hydrogen) atoms. The fourth-order valence-electron chi connectivity index (χ4n) is 3.17. The molecule has 0 spiro atoms. The fourth-order valence-corrected chi connectivity index (χ4v) is 3.17. The third kappa shape index (κ3) is 6.11. The van der Waals surface area contributed by atoms with Crippen molar-refractivity contribution in [2.24, 2.45) is 11.3 Å². The van der Waals surface area contributed by atoms with E-state index in [1.165, 1.54) is 6.26 Å². The molecule has 1 aromatic carbocycles. The second-order valence-electron chi connectivity index (χ2n) is 9.00. The topological polar surface area (TPSA) is 65.8 Å². The molecule has 0 aliphatic carbocycles. The molecular formula is C23H33N3O3. The second-order valence-corrected chi connectivity index (χ2v) is 9.00. The van der Waals surface area contributed by atoms with Crippen molar-refractivity contribution in [3.05, 3.63) is 47.9 Å². The van der Waals surface area contributed by atoms with Crippen LogP contribution < -0.4 is 10.2 Å². The summed E-state index contributed by atoms with van der Waals surface area (Å²) in [6.45, 7) is 11.2. The highest BCUT2D eigenvalue weighted by Gasteiger charge is 2.28. The van der Waals surface area contributed by atoms with Crippen LogP contribution in [-0.4, -0.2) is 37.4 Å². The van der Waals surface area contributed by atoms with Crippen LogP contribution in [0.5, 0.6) is 0 Å². The molecule has 0 bridgehead atoms. The standard InChI is InChI=1S/C23H33N3O3/c1-16(2)14-26(22(28)23(3,4)5)15-17-13-18(10-11-19(17)25(6)7)24-21(27)20-9-8-12-29-20/h8-13,16H,14-15H2,1-7H3,(H,24,27). The van der Waals surface area contributed by atoms with Gasteiger partial charge in [-0.3, -0.25) is 9.59 Å². The van der Waals surface area contributed by atoms with E-state index in [4.69, 9.17) is 4.42 Å². The largest absolute Gasteiger partial charge is 0.459 e. The summed E-state index contributed by atoms with van der Waals surface area (Å²) in [7, 11) is 3.94. The minimum atomic E-state index is -0.460. The smallest absolute Gasteiger partial charge is 0.291 e. The van der Waals surface area contributed by atoms with E-state index in [0.29, 0.717) is 24.7 Å². The number of furan rings is 1. The van der Waals surface area contributed by atoms with Crippen LogP contribution in [0.25, 0.3) is 0 Å². The van der Waals surface area contributed by atoms with Gasteiger partial charge in [-0.2, -0.15) is 0 Å². The highest BCUT2D eigenvalue weighted by atomic mass is 16.3. The lowest BCUT2D eigenvalue weighted by Crippen LogP contribution is -2.41. The molecule has 2 rings (SSSR count). The van der Waals surface area contributed by atoms with Crippen molar-refractivity contribution in [3.63, 3.8) is 0 Å². The Bertz CT molecular complexity index is 834. The highest BCUT2D eigenvalue weighted by Crippen LogP contribution is 2.27. The number of amides is 2. The van der Waals surface area contributed by atoms with Gasteiger partial charge in [-0.25, -0.2) is 0 Å². The number of carbonyl (C=O) groups is 2. The molecule has 1 aromatic heterocycles. The van der Waals surface area contributed by atoms with Gasteiger partial charge in [0.2, 0.25) is 5.91 Å². The zero-order chi connectivity index (χ0) is 21.8. The molecule has 0 saturated carbocycles. The number of benzene rings is 1. The van der Waals surface area contributed by atoms with Crippen LogP contribution in [0.15, 0.2) is 41.0 Å². The Balaban J connectivity index is 2.34. The summed E-state index contributed by atoms with van der Waals surface area (Å²) in [6.07, 6.45) is 1.47. The van der Waals surface area contributed by atoms with Crippen molar-refractivity contribution >= 4 is 23.2 Å². The summed E-state index contributed by atoms with van der Waals surface area (Å²) in [5.74, 6) is 0.419. The Kier molecular flexibility index (Phi) is 7.11. The van der Waals surface area contributed by atoms with Crippen LogP contribution in [0.2, 0.25) is 0 Å². The highest BCUT2D eigenvalue weighted by molar-refractivity contribution is 6.02. The van der Waals surface area contributed by atoms with Gasteiger partial charge in [0.15, 0.2) is 5.76 Å². The Hall–Kier alpha value is -2.76. The number of nitrogens with one attached hydrogen (secondary N) is 1. The molecule has 6 heteroatoms. The van der Waals surface area contributed by atoms with E-state index in [-0.39, 0.29) is 17.6 Å². The van der Waals surface area contributed by atoms with E-state index in [0.717, 1.165) is 11.3 Å². The molecule has 158 valence electrons. The Morgan fingerprint density at radius 2 is 1.83 bits per heavy atom. The SMILES string of the molecule is CC(C)CN(Cc1cc(NC(=O)c2ccco2)ccc1N(C)C)C(=O)C(C)(C)C. The Labute approximate surface area is 173 Å². The maximum atomic E-state index is 13.0. The summed E-state index contributed by atoms with van der Waals surface area (Å²) >= 11 is 0. The first-order valence-electron chi connectivity index (χ1n) is 9.93. The molecule has 0 radical (unpaired) electrons. The summed E-state index contributed by atoms with van der Waals surface area (Å²) in [5.41, 5.74) is 2.19. The zero-order valence-corrected chi connectivity index (χ0v) is 18.6. The molecule has 0 saturated heterocycles. The van der Waals surface area contributed by atoms with Gasteiger partial charge in [-0.05, 0) is 41.8 Å². The van der Waals surface area contributed by atoms with Crippen molar-refractivity contribution in [1.82, 2.24) is 4.90 Å². The number of hydrogen-bond acceptors (Lipinski definition) is 4. The molecule has 1 N–H and O–H groups in total. The molecule has 0 unspecified atom stereocenters. The van der Waals surface area contributed by atoms with Gasteiger partial charge in [0.1, 0.15) is 0 Å². The molecule has 0 fully saturated rings. The molecule has 0 aliphatic rings. The lowest BCUT2D eigenvalue weighted by atomic mass is 9.93. The number of carbonyl (C=O) groups excluding carboxylic acids is 2. The van der Waals surface area contributed by atoms with Crippen LogP contribution in [0, 0.1) is 11.3 Å². The van der Waals surface area contributed by atoms with Crippen LogP contribution in [0.3, 0.4) is 0 Å². The minimum Gasteiger partial charge on any atom is -0.459 e. The van der Waals surface area contributed by atoms with E-state index in [1.807, 2.05) is 62.9 Å². The predicted octanol–water partition coefficient (Wildman–Crippen LogP) is 4.63. The predicted molar refractivity (Wildman–Crippen MR) is 117 cm³/mol. The lowest BCUT2D eigenvalue weighted by molar-refractivity contribution is -0.140. The normalized spacial score (nSPS) is 11.4. The van der Waals surface area contributed by atoms with Crippen molar-refractivity contribution in [1.29, 1.82) is 0 Å². The average Bonchev–Trinajstić information content (AvgIpc) is 3.14. The molecule has 0 atom stereocenters. The number of rotatable bonds is 7. The summed E-state index contributed by atoms with van der Waals surface area (Å²) in [6, 6.07) is 9.05. The average molecular weight is 400 g/mol. The van der Waals surface area contributed by atoms with Crippen LogP contribution in [0.4, 0.5) is 11.4 Å². The maximum Gasteiger partial charge on any atom is 0.291 e. The summed E-state index contributed by atoms with van der Waals surface area (Å²) in [4.78, 5) is 29.3.